The van der Waals surface area contributed by atoms with Crippen molar-refractivity contribution in [3.05, 3.63) is 16.0 Å². The molecule has 0 saturated heterocycles. The molecule has 0 aromatic carbocycles. The Morgan fingerprint density at radius 2 is 2.00 bits per heavy atom. The number of aromatic nitrogens is 3. The Morgan fingerprint density at radius 1 is 1.30 bits per heavy atom. The number of sulfone groups is 1. The van der Waals surface area contributed by atoms with Gasteiger partial charge in [0, 0.05) is 32.7 Å². The smallest absolute Gasteiger partial charge is 0.247 e. The third-order valence-electron chi connectivity index (χ3n) is 2.28. The van der Waals surface area contributed by atoms with Gasteiger partial charge in [0.25, 0.3) is 0 Å². The van der Waals surface area contributed by atoms with Crippen molar-refractivity contribution < 1.29 is 8.42 Å². The van der Waals surface area contributed by atoms with Gasteiger partial charge in [0.2, 0.25) is 15.0 Å². The predicted octanol–water partition coefficient (Wildman–Crippen LogP) is 1.25. The molecule has 0 aliphatic heterocycles. The Bertz CT molecular complexity index is 789. The van der Waals surface area contributed by atoms with Crippen LogP contribution in [0.1, 0.15) is 0 Å². The van der Waals surface area contributed by atoms with Gasteiger partial charge in [-0.1, -0.05) is 0 Å². The third-order valence-corrected chi connectivity index (χ3v) is 3.93. The number of fused-ring (bicyclic) bond motifs is 1. The molecule has 2 aromatic rings. The number of rotatable bonds is 3. The maximum absolute atomic E-state index is 11.5. The molecule has 2 aromatic heterocycles. The maximum Gasteiger partial charge on any atom is 0.247 e. The lowest BCUT2D eigenvalue weighted by Gasteiger charge is -2.06. The fourth-order valence-corrected chi connectivity index (χ4v) is 2.46. The first kappa shape index (κ1) is 15.0. The summed E-state index contributed by atoms with van der Waals surface area (Å²) in [4.78, 5) is 18.2. The van der Waals surface area contributed by atoms with E-state index < -0.39 is 9.84 Å². The van der Waals surface area contributed by atoms with Crippen LogP contribution in [0.2, 0.25) is 0 Å². The molecule has 0 saturated carbocycles. The third kappa shape index (κ3) is 3.20. The number of pyridine rings is 1. The molecule has 0 aliphatic carbocycles. The van der Waals surface area contributed by atoms with Crippen LogP contribution in [0, 0.1) is 3.57 Å². The molecule has 0 atom stereocenters. The summed E-state index contributed by atoms with van der Waals surface area (Å²) in [5.41, 5.74) is 0.530. The molecule has 0 amide bonds. The lowest BCUT2D eigenvalue weighted by Crippen LogP contribution is -2.07. The van der Waals surface area contributed by atoms with Crippen molar-refractivity contribution in [3.8, 4) is 0 Å². The second-order valence-corrected chi connectivity index (χ2v) is 7.40. The Balaban J connectivity index is 2.68. The molecule has 7 nitrogen and oxygen atoms in total. The van der Waals surface area contributed by atoms with Crippen LogP contribution in [0.5, 0.6) is 0 Å². The summed E-state index contributed by atoms with van der Waals surface area (Å²) in [7, 11) is 0.246. The van der Waals surface area contributed by atoms with Crippen molar-refractivity contribution in [2.24, 2.45) is 4.99 Å². The molecule has 20 heavy (non-hydrogen) atoms. The highest BCUT2D eigenvalue weighted by molar-refractivity contribution is 14.1. The molecule has 0 fully saturated rings. The molecular formula is C11H12IN5O2S. The molecule has 0 aliphatic rings. The molecule has 106 valence electrons. The number of nitrogens with zero attached hydrogens (tertiary/aromatic N) is 5. The van der Waals surface area contributed by atoms with Gasteiger partial charge in [-0.05, 0) is 22.6 Å². The van der Waals surface area contributed by atoms with Gasteiger partial charge in [-0.15, -0.1) is 0 Å². The van der Waals surface area contributed by atoms with Gasteiger partial charge in [0.1, 0.15) is 0 Å². The van der Waals surface area contributed by atoms with Gasteiger partial charge in [-0.2, -0.15) is 0 Å². The Hall–Kier alpha value is -1.36. The molecule has 9 heteroatoms. The Kier molecular flexibility index (Phi) is 4.18. The molecule has 0 spiro atoms. The summed E-state index contributed by atoms with van der Waals surface area (Å²) in [6.45, 7) is 0. The number of hydrogen-bond acceptors (Lipinski definition) is 6. The quantitative estimate of drug-likeness (QED) is 0.331. The SMILES string of the molecule is CN(C)C=Nc1ncc(I)c2nc(S(C)(=O)=O)ncc12. The van der Waals surface area contributed by atoms with E-state index in [0.29, 0.717) is 16.7 Å². The molecule has 0 radical (unpaired) electrons. The van der Waals surface area contributed by atoms with E-state index in [1.54, 1.807) is 17.4 Å². The van der Waals surface area contributed by atoms with Crippen molar-refractivity contribution in [1.29, 1.82) is 0 Å². The molecule has 0 unspecified atom stereocenters. The first-order chi connectivity index (χ1) is 9.29. The first-order valence-electron chi connectivity index (χ1n) is 5.51. The zero-order valence-electron chi connectivity index (χ0n) is 11.1. The number of hydrogen-bond donors (Lipinski definition) is 0. The largest absolute Gasteiger partial charge is 0.369 e. The summed E-state index contributed by atoms with van der Waals surface area (Å²) >= 11 is 2.05. The van der Waals surface area contributed by atoms with Crippen LogP contribution >= 0.6 is 22.6 Å². The van der Waals surface area contributed by atoms with E-state index in [1.807, 2.05) is 14.1 Å². The van der Waals surface area contributed by atoms with Gasteiger partial charge in [-0.25, -0.2) is 28.4 Å². The topological polar surface area (TPSA) is 88.4 Å². The van der Waals surface area contributed by atoms with E-state index in [2.05, 4.69) is 42.5 Å². The minimum atomic E-state index is -3.44. The van der Waals surface area contributed by atoms with E-state index in [1.165, 1.54) is 6.20 Å². The van der Waals surface area contributed by atoms with E-state index in [0.717, 1.165) is 9.83 Å². The Labute approximate surface area is 130 Å². The maximum atomic E-state index is 11.5. The van der Waals surface area contributed by atoms with Crippen molar-refractivity contribution in [1.82, 2.24) is 19.9 Å². The zero-order chi connectivity index (χ0) is 14.9. The predicted molar refractivity (Wildman–Crippen MR) is 85.0 cm³/mol. The molecule has 0 bridgehead atoms. The van der Waals surface area contributed by atoms with Crippen LogP contribution in [0.3, 0.4) is 0 Å². The summed E-state index contributed by atoms with van der Waals surface area (Å²) in [6.07, 6.45) is 5.73. The van der Waals surface area contributed by atoms with Crippen LogP contribution < -0.4 is 0 Å². The molecule has 2 heterocycles. The van der Waals surface area contributed by atoms with Crippen molar-refractivity contribution in [3.63, 3.8) is 0 Å². The highest BCUT2D eigenvalue weighted by atomic mass is 127. The molecular weight excluding hydrogens is 393 g/mol. The summed E-state index contributed by atoms with van der Waals surface area (Å²) in [5, 5.41) is 0.416. The molecule has 2 rings (SSSR count). The van der Waals surface area contributed by atoms with Crippen LogP contribution in [0.4, 0.5) is 5.82 Å². The second-order valence-electron chi connectivity index (χ2n) is 4.32. The van der Waals surface area contributed by atoms with Crippen molar-refractivity contribution in [2.45, 2.75) is 5.16 Å². The van der Waals surface area contributed by atoms with Crippen LogP contribution in [0.25, 0.3) is 10.9 Å². The van der Waals surface area contributed by atoms with Gasteiger partial charge in [-0.3, -0.25) is 0 Å². The first-order valence-corrected chi connectivity index (χ1v) is 8.48. The normalized spacial score (nSPS) is 12.2. The van der Waals surface area contributed by atoms with Crippen LogP contribution in [0.15, 0.2) is 22.5 Å². The fourth-order valence-electron chi connectivity index (χ4n) is 1.41. The van der Waals surface area contributed by atoms with E-state index in [-0.39, 0.29) is 5.16 Å². The van der Waals surface area contributed by atoms with Gasteiger partial charge in [0.15, 0.2) is 5.82 Å². The summed E-state index contributed by atoms with van der Waals surface area (Å²) in [5.74, 6) is 0.453. The van der Waals surface area contributed by atoms with Crippen LogP contribution in [-0.4, -0.2) is 55.0 Å². The fraction of sp³-hybridized carbons (Fsp3) is 0.273. The highest BCUT2D eigenvalue weighted by Gasteiger charge is 2.14. The second kappa shape index (κ2) is 5.56. The highest BCUT2D eigenvalue weighted by Crippen LogP contribution is 2.25. The van der Waals surface area contributed by atoms with Gasteiger partial charge < -0.3 is 4.90 Å². The zero-order valence-corrected chi connectivity index (χ0v) is 14.0. The summed E-state index contributed by atoms with van der Waals surface area (Å²) < 4.78 is 23.8. The lowest BCUT2D eigenvalue weighted by atomic mass is 10.3. The number of halogens is 1. The van der Waals surface area contributed by atoms with E-state index in [9.17, 15) is 8.42 Å². The van der Waals surface area contributed by atoms with Crippen molar-refractivity contribution in [2.75, 3.05) is 20.4 Å². The lowest BCUT2D eigenvalue weighted by molar-refractivity contribution is 0.593. The minimum Gasteiger partial charge on any atom is -0.369 e. The summed E-state index contributed by atoms with van der Waals surface area (Å²) in [6, 6.07) is 0. The minimum absolute atomic E-state index is 0.198. The van der Waals surface area contributed by atoms with Crippen molar-refractivity contribution >= 4 is 55.5 Å². The number of aliphatic imine (C=N–C) groups is 1. The monoisotopic (exact) mass is 405 g/mol. The molecule has 0 N–H and O–H groups in total. The standard InChI is InChI=1S/C11H12IN5O2S/c1-17(2)6-15-10-7-4-14-11(20(3,18)19)16-9(7)8(12)5-13-10/h4-6H,1-3H3. The Morgan fingerprint density at radius 3 is 2.60 bits per heavy atom. The van der Waals surface area contributed by atoms with Gasteiger partial charge >= 0.3 is 0 Å². The van der Waals surface area contributed by atoms with Gasteiger partial charge in [0.05, 0.1) is 20.8 Å². The average molecular weight is 405 g/mol. The van der Waals surface area contributed by atoms with E-state index in [4.69, 9.17) is 0 Å². The van der Waals surface area contributed by atoms with E-state index >= 15 is 0 Å². The van der Waals surface area contributed by atoms with Crippen LogP contribution in [-0.2, 0) is 9.84 Å². The average Bonchev–Trinajstić information content (AvgIpc) is 2.36.